The Morgan fingerprint density at radius 1 is 1.27 bits per heavy atom. The van der Waals surface area contributed by atoms with E-state index in [1.165, 1.54) is 0 Å². The van der Waals surface area contributed by atoms with E-state index in [1.54, 1.807) is 6.07 Å². The molecule has 1 aromatic heterocycles. The van der Waals surface area contributed by atoms with Crippen molar-refractivity contribution in [2.45, 2.75) is 51.3 Å². The van der Waals surface area contributed by atoms with Gasteiger partial charge in [0.1, 0.15) is 18.3 Å². The highest BCUT2D eigenvalue weighted by atomic mass is 16.7. The molecule has 2 heterocycles. The molecule has 0 unspecified atom stereocenters. The highest BCUT2D eigenvalue weighted by molar-refractivity contribution is 5.99. The van der Waals surface area contributed by atoms with Gasteiger partial charge in [0.2, 0.25) is 6.29 Å². The number of carbonyl (C=O) groups excluding carboxylic acids is 1. The summed E-state index contributed by atoms with van der Waals surface area (Å²) in [5.74, 6) is 0.363. The molecule has 0 radical (unpaired) electrons. The fourth-order valence-electron chi connectivity index (χ4n) is 3.00. The van der Waals surface area contributed by atoms with Crippen LogP contribution in [-0.2, 0) is 11.2 Å². The number of ketones is 1. The molecule has 2 aliphatic rings. The number of Topliss-reactive ketones (excluding diaryl/α,β-unsaturated/α-hetero) is 1. The summed E-state index contributed by atoms with van der Waals surface area (Å²) in [6, 6.07) is 1.60. The van der Waals surface area contributed by atoms with Crippen LogP contribution in [0.2, 0.25) is 0 Å². The summed E-state index contributed by atoms with van der Waals surface area (Å²) >= 11 is 0. The molecule has 1 saturated heterocycles. The van der Waals surface area contributed by atoms with Gasteiger partial charge in [0, 0.05) is 23.7 Å². The third-order valence-electron chi connectivity index (χ3n) is 4.17. The van der Waals surface area contributed by atoms with Crippen LogP contribution in [0.25, 0.3) is 0 Å². The Hall–Kier alpha value is -1.41. The Kier molecular flexibility index (Phi) is 3.76. The number of carbonyl (C=O) groups is 1. The molecule has 7 heteroatoms. The molecule has 1 fully saturated rings. The van der Waals surface area contributed by atoms with Gasteiger partial charge >= 0.3 is 0 Å². The minimum absolute atomic E-state index is 0.0536. The fourth-order valence-corrected chi connectivity index (χ4v) is 3.00. The van der Waals surface area contributed by atoms with Crippen molar-refractivity contribution in [3.8, 4) is 5.88 Å². The molecule has 7 nitrogen and oxygen atoms in total. The van der Waals surface area contributed by atoms with E-state index in [-0.39, 0.29) is 17.8 Å². The Balaban J connectivity index is 1.76. The maximum absolute atomic E-state index is 12.1. The third-order valence-corrected chi connectivity index (χ3v) is 4.17. The van der Waals surface area contributed by atoms with Crippen molar-refractivity contribution in [2.24, 2.45) is 5.41 Å². The second-order valence-corrected chi connectivity index (χ2v) is 6.83. The monoisotopic (exact) mass is 311 g/mol. The number of rotatable bonds is 2. The minimum atomic E-state index is -1.36. The van der Waals surface area contributed by atoms with Crippen molar-refractivity contribution in [1.82, 2.24) is 4.98 Å². The number of nitrogens with one attached hydrogen (secondary N) is 1. The number of aliphatic hydroxyl groups excluding tert-OH is 3. The Morgan fingerprint density at radius 2 is 2.00 bits per heavy atom. The molecule has 1 aliphatic heterocycles. The predicted molar refractivity (Wildman–Crippen MR) is 75.6 cm³/mol. The number of fused-ring (bicyclic) bond motifs is 1. The summed E-state index contributed by atoms with van der Waals surface area (Å²) < 4.78 is 10.7. The van der Waals surface area contributed by atoms with Crippen molar-refractivity contribution in [3.05, 3.63) is 17.3 Å². The number of H-pyrrole nitrogens is 1. The van der Waals surface area contributed by atoms with E-state index in [0.717, 1.165) is 12.1 Å². The summed E-state index contributed by atoms with van der Waals surface area (Å²) in [6.07, 6.45) is -3.73. The molecular weight excluding hydrogens is 290 g/mol. The molecular formula is C15H21NO6. The first-order valence-corrected chi connectivity index (χ1v) is 7.34. The van der Waals surface area contributed by atoms with Gasteiger partial charge in [-0.25, -0.2) is 0 Å². The normalized spacial score (nSPS) is 34.3. The van der Waals surface area contributed by atoms with Gasteiger partial charge in [-0.05, 0) is 11.8 Å². The summed E-state index contributed by atoms with van der Waals surface area (Å²) in [4.78, 5) is 15.2. The van der Waals surface area contributed by atoms with E-state index in [9.17, 15) is 20.1 Å². The van der Waals surface area contributed by atoms with Gasteiger partial charge in [0.25, 0.3) is 0 Å². The predicted octanol–water partition coefficient (Wildman–Crippen LogP) is -0.0124. The standard InChI is InChI=1S/C15H21NO6/c1-15(2)4-8-7(9(17)5-15)3-11(16-8)22-14-13(20)12(19)10(18)6-21-14/h3,10,12-14,16,18-20H,4-6H2,1-2H3/t10-,12+,13+,14+/m1/s1. The van der Waals surface area contributed by atoms with Crippen molar-refractivity contribution in [3.63, 3.8) is 0 Å². The number of ether oxygens (including phenoxy) is 2. The van der Waals surface area contributed by atoms with Crippen LogP contribution in [0.5, 0.6) is 5.88 Å². The Labute approximate surface area is 127 Å². The minimum Gasteiger partial charge on any atom is -0.447 e. The molecule has 0 spiro atoms. The average Bonchev–Trinajstić information content (AvgIpc) is 2.81. The first kappa shape index (κ1) is 15.5. The van der Waals surface area contributed by atoms with E-state index in [0.29, 0.717) is 17.9 Å². The third kappa shape index (κ3) is 2.77. The van der Waals surface area contributed by atoms with Crippen LogP contribution in [0.3, 0.4) is 0 Å². The fraction of sp³-hybridized carbons (Fsp3) is 0.667. The van der Waals surface area contributed by atoms with E-state index >= 15 is 0 Å². The number of aromatic nitrogens is 1. The summed E-state index contributed by atoms with van der Waals surface area (Å²) in [6.45, 7) is 3.93. The summed E-state index contributed by atoms with van der Waals surface area (Å²) in [5, 5.41) is 28.9. The van der Waals surface area contributed by atoms with Gasteiger partial charge in [-0.2, -0.15) is 0 Å². The van der Waals surface area contributed by atoms with Crippen molar-refractivity contribution in [2.75, 3.05) is 6.61 Å². The lowest BCUT2D eigenvalue weighted by molar-refractivity contribution is -0.242. The molecule has 3 rings (SSSR count). The molecule has 4 N–H and O–H groups in total. The van der Waals surface area contributed by atoms with E-state index in [1.807, 2.05) is 13.8 Å². The molecule has 0 aromatic carbocycles. The van der Waals surface area contributed by atoms with Crippen LogP contribution < -0.4 is 4.74 Å². The lowest BCUT2D eigenvalue weighted by Gasteiger charge is -2.34. The van der Waals surface area contributed by atoms with E-state index in [4.69, 9.17) is 9.47 Å². The molecule has 4 atom stereocenters. The van der Waals surface area contributed by atoms with E-state index < -0.39 is 24.6 Å². The van der Waals surface area contributed by atoms with Crippen molar-refractivity contribution < 1.29 is 29.6 Å². The first-order valence-electron chi connectivity index (χ1n) is 7.34. The first-order chi connectivity index (χ1) is 10.3. The Morgan fingerprint density at radius 3 is 2.73 bits per heavy atom. The van der Waals surface area contributed by atoms with Crippen molar-refractivity contribution >= 4 is 5.78 Å². The number of hydrogen-bond donors (Lipinski definition) is 4. The quantitative estimate of drug-likeness (QED) is 0.611. The second kappa shape index (κ2) is 5.34. The smallest absolute Gasteiger partial charge is 0.230 e. The molecule has 22 heavy (non-hydrogen) atoms. The maximum atomic E-state index is 12.1. The van der Waals surface area contributed by atoms with Crippen LogP contribution in [-0.4, -0.2) is 57.3 Å². The van der Waals surface area contributed by atoms with Gasteiger partial charge in [0.05, 0.1) is 6.61 Å². The van der Waals surface area contributed by atoms with Gasteiger partial charge < -0.3 is 29.8 Å². The number of aliphatic hydroxyl groups is 3. The van der Waals surface area contributed by atoms with Gasteiger partial charge in [-0.3, -0.25) is 4.79 Å². The van der Waals surface area contributed by atoms with Crippen LogP contribution in [0, 0.1) is 5.41 Å². The van der Waals surface area contributed by atoms with Crippen LogP contribution in [0.1, 0.15) is 36.3 Å². The lowest BCUT2D eigenvalue weighted by atomic mass is 9.76. The topological polar surface area (TPSA) is 112 Å². The highest BCUT2D eigenvalue weighted by Gasteiger charge is 2.40. The number of hydrogen-bond acceptors (Lipinski definition) is 6. The van der Waals surface area contributed by atoms with Crippen molar-refractivity contribution in [1.29, 1.82) is 0 Å². The molecule has 0 amide bonds. The average molecular weight is 311 g/mol. The second-order valence-electron chi connectivity index (χ2n) is 6.83. The summed E-state index contributed by atoms with van der Waals surface area (Å²) in [5.41, 5.74) is 1.30. The zero-order valence-corrected chi connectivity index (χ0v) is 12.6. The molecule has 0 bridgehead atoms. The lowest BCUT2D eigenvalue weighted by Crippen LogP contribution is -2.54. The summed E-state index contributed by atoms with van der Waals surface area (Å²) in [7, 11) is 0. The molecule has 0 saturated carbocycles. The van der Waals surface area contributed by atoms with Gasteiger partial charge in [0.15, 0.2) is 11.7 Å². The molecule has 1 aromatic rings. The molecule has 1 aliphatic carbocycles. The zero-order chi connectivity index (χ0) is 16.1. The maximum Gasteiger partial charge on any atom is 0.230 e. The van der Waals surface area contributed by atoms with Crippen LogP contribution in [0.15, 0.2) is 6.07 Å². The largest absolute Gasteiger partial charge is 0.447 e. The van der Waals surface area contributed by atoms with E-state index in [2.05, 4.69) is 4.98 Å². The van der Waals surface area contributed by atoms with Gasteiger partial charge in [-0.15, -0.1) is 0 Å². The SMILES string of the molecule is CC1(C)CC(=O)c2cc(O[C@@H]3OC[C@@H](O)[C@H](O)[C@@H]3O)[nH]c2C1. The zero-order valence-electron chi connectivity index (χ0n) is 12.6. The van der Waals surface area contributed by atoms with Crippen LogP contribution >= 0.6 is 0 Å². The van der Waals surface area contributed by atoms with Gasteiger partial charge in [-0.1, -0.05) is 13.8 Å². The highest BCUT2D eigenvalue weighted by Crippen LogP contribution is 2.36. The number of aromatic amines is 1. The Bertz CT molecular complexity index is 581. The van der Waals surface area contributed by atoms with Crippen LogP contribution in [0.4, 0.5) is 0 Å². The molecule has 122 valence electrons.